The van der Waals surface area contributed by atoms with Crippen LogP contribution in [0, 0.1) is 0 Å². The van der Waals surface area contributed by atoms with E-state index >= 15 is 0 Å². The van der Waals surface area contributed by atoms with E-state index in [9.17, 15) is 14.4 Å². The van der Waals surface area contributed by atoms with E-state index < -0.39 is 11.9 Å². The highest BCUT2D eigenvalue weighted by Gasteiger charge is 2.31. The number of carbonyl (C=O) groups excluding carboxylic acids is 2. The first-order valence-electron chi connectivity index (χ1n) is 6.19. The lowest BCUT2D eigenvalue weighted by atomic mass is 10.1. The number of imidazole rings is 1. The number of rotatable bonds is 1. The van der Waals surface area contributed by atoms with Gasteiger partial charge in [-0.2, -0.15) is 0 Å². The molecule has 0 bridgehead atoms. The maximum Gasteiger partial charge on any atom is 0.329 e. The number of hydrogen-bond acceptors (Lipinski definition) is 3. The quantitative estimate of drug-likeness (QED) is 0.791. The number of aryl methyl sites for hydroxylation is 1. The summed E-state index contributed by atoms with van der Waals surface area (Å²) in [6, 6.07) is 4.83. The van der Waals surface area contributed by atoms with Crippen molar-refractivity contribution in [3.63, 3.8) is 0 Å². The van der Waals surface area contributed by atoms with Crippen molar-refractivity contribution in [3.05, 3.63) is 33.2 Å². The molecule has 1 fully saturated rings. The van der Waals surface area contributed by atoms with E-state index in [2.05, 4.69) is 21.2 Å². The second-order valence-electron chi connectivity index (χ2n) is 4.81. The van der Waals surface area contributed by atoms with E-state index in [1.54, 1.807) is 13.1 Å². The predicted octanol–water partition coefficient (Wildman–Crippen LogP) is 1.08. The van der Waals surface area contributed by atoms with Gasteiger partial charge in [-0.25, -0.2) is 4.79 Å². The van der Waals surface area contributed by atoms with Gasteiger partial charge in [0.1, 0.15) is 6.04 Å². The van der Waals surface area contributed by atoms with Gasteiger partial charge in [0, 0.05) is 17.9 Å². The Hall–Kier alpha value is -1.89. The van der Waals surface area contributed by atoms with Crippen LogP contribution in [-0.2, 0) is 16.6 Å². The van der Waals surface area contributed by atoms with Gasteiger partial charge in [0.15, 0.2) is 0 Å². The van der Waals surface area contributed by atoms with Crippen LogP contribution in [-0.4, -0.2) is 20.9 Å². The number of carbonyl (C=O) groups is 2. The van der Waals surface area contributed by atoms with Gasteiger partial charge in [-0.15, -0.1) is 0 Å². The highest BCUT2D eigenvalue weighted by molar-refractivity contribution is 9.10. The number of halogens is 1. The molecule has 2 aromatic rings. The summed E-state index contributed by atoms with van der Waals surface area (Å²) >= 11 is 3.37. The molecule has 20 heavy (non-hydrogen) atoms. The summed E-state index contributed by atoms with van der Waals surface area (Å²) in [4.78, 5) is 35.6. The summed E-state index contributed by atoms with van der Waals surface area (Å²) in [5.74, 6) is -0.712. The SMILES string of the molecule is Cn1c(=O)n([C@H]2CCC(=O)NC2=O)c2cc(Br)ccc21. The monoisotopic (exact) mass is 337 g/mol. The molecule has 2 heterocycles. The molecule has 6 nitrogen and oxygen atoms in total. The first-order chi connectivity index (χ1) is 9.49. The van der Waals surface area contributed by atoms with Crippen LogP contribution >= 0.6 is 15.9 Å². The summed E-state index contributed by atoms with van der Waals surface area (Å²) in [7, 11) is 1.67. The van der Waals surface area contributed by atoms with Crippen LogP contribution in [0.15, 0.2) is 27.5 Å². The molecule has 3 rings (SSSR count). The van der Waals surface area contributed by atoms with Crippen LogP contribution in [0.5, 0.6) is 0 Å². The van der Waals surface area contributed by atoms with Gasteiger partial charge in [0.05, 0.1) is 11.0 Å². The van der Waals surface area contributed by atoms with Crippen molar-refractivity contribution < 1.29 is 9.59 Å². The van der Waals surface area contributed by atoms with Crippen molar-refractivity contribution in [2.24, 2.45) is 7.05 Å². The Kier molecular flexibility index (Phi) is 3.01. The van der Waals surface area contributed by atoms with Gasteiger partial charge in [0.25, 0.3) is 0 Å². The third-order valence-corrected chi connectivity index (χ3v) is 4.07. The largest absolute Gasteiger partial charge is 0.329 e. The standard InChI is InChI=1S/C13H12BrN3O3/c1-16-8-3-2-7(14)6-10(8)17(13(16)20)9-4-5-11(18)15-12(9)19/h2-3,6,9H,4-5H2,1H3,(H,15,18,19)/t9-/m0/s1. The molecular formula is C13H12BrN3O3. The Morgan fingerprint density at radius 3 is 2.70 bits per heavy atom. The van der Waals surface area contributed by atoms with Gasteiger partial charge in [-0.05, 0) is 24.6 Å². The van der Waals surface area contributed by atoms with E-state index in [4.69, 9.17) is 0 Å². The Morgan fingerprint density at radius 2 is 2.00 bits per heavy atom. The summed E-state index contributed by atoms with van der Waals surface area (Å²) < 4.78 is 3.80. The fourth-order valence-corrected chi connectivity index (χ4v) is 2.92. The van der Waals surface area contributed by atoms with Gasteiger partial charge < -0.3 is 0 Å². The first-order valence-corrected chi connectivity index (χ1v) is 6.98. The Bertz CT molecular complexity index is 790. The number of aromatic nitrogens is 2. The van der Waals surface area contributed by atoms with Crippen molar-refractivity contribution in [3.8, 4) is 0 Å². The molecule has 1 aliphatic rings. The number of benzene rings is 1. The predicted molar refractivity (Wildman–Crippen MR) is 76.3 cm³/mol. The lowest BCUT2D eigenvalue weighted by Crippen LogP contribution is -2.44. The van der Waals surface area contributed by atoms with Crippen LogP contribution in [0.4, 0.5) is 0 Å². The Balaban J connectivity index is 2.23. The van der Waals surface area contributed by atoms with Crippen LogP contribution < -0.4 is 11.0 Å². The summed E-state index contributed by atoms with van der Waals surface area (Å²) in [5, 5.41) is 2.29. The molecule has 1 aromatic heterocycles. The molecule has 104 valence electrons. The smallest absolute Gasteiger partial charge is 0.295 e. The molecule has 0 radical (unpaired) electrons. The van der Waals surface area contributed by atoms with E-state index in [0.717, 1.165) is 9.99 Å². The summed E-state index contributed by atoms with van der Waals surface area (Å²) in [6.07, 6.45) is 0.587. The second kappa shape index (κ2) is 4.59. The normalized spacial score (nSPS) is 19.4. The molecule has 0 aliphatic carbocycles. The number of imide groups is 1. The third-order valence-electron chi connectivity index (χ3n) is 3.57. The molecule has 1 atom stereocenters. The molecule has 0 saturated carbocycles. The van der Waals surface area contributed by atoms with Crippen LogP contribution in [0.25, 0.3) is 11.0 Å². The number of nitrogens with one attached hydrogen (secondary N) is 1. The van der Waals surface area contributed by atoms with Gasteiger partial charge in [0.2, 0.25) is 11.8 Å². The van der Waals surface area contributed by atoms with E-state index in [1.165, 1.54) is 9.13 Å². The van der Waals surface area contributed by atoms with Gasteiger partial charge in [-0.1, -0.05) is 15.9 Å². The molecule has 2 amide bonds. The highest BCUT2D eigenvalue weighted by Crippen LogP contribution is 2.25. The zero-order chi connectivity index (χ0) is 14.4. The average Bonchev–Trinajstić information content (AvgIpc) is 2.63. The topological polar surface area (TPSA) is 73.1 Å². The minimum atomic E-state index is -0.641. The number of nitrogens with zero attached hydrogens (tertiary/aromatic N) is 2. The fraction of sp³-hybridized carbons (Fsp3) is 0.308. The maximum atomic E-state index is 12.4. The lowest BCUT2D eigenvalue weighted by Gasteiger charge is -2.21. The molecule has 0 unspecified atom stereocenters. The average molecular weight is 338 g/mol. The molecule has 7 heteroatoms. The third kappa shape index (κ3) is 1.89. The Morgan fingerprint density at radius 1 is 1.25 bits per heavy atom. The molecular weight excluding hydrogens is 326 g/mol. The second-order valence-corrected chi connectivity index (χ2v) is 5.73. The molecule has 1 aliphatic heterocycles. The summed E-state index contributed by atoms with van der Waals surface area (Å²) in [5.41, 5.74) is 1.18. The number of fused-ring (bicyclic) bond motifs is 1. The van der Waals surface area contributed by atoms with Crippen molar-refractivity contribution >= 4 is 38.8 Å². The van der Waals surface area contributed by atoms with Crippen LogP contribution in [0.3, 0.4) is 0 Å². The van der Waals surface area contributed by atoms with Crippen LogP contribution in [0.2, 0.25) is 0 Å². The minimum absolute atomic E-state index is 0.243. The Labute approximate surface area is 122 Å². The molecule has 0 spiro atoms. The lowest BCUT2D eigenvalue weighted by molar-refractivity contribution is -0.135. The minimum Gasteiger partial charge on any atom is -0.295 e. The fourth-order valence-electron chi connectivity index (χ4n) is 2.57. The maximum absolute atomic E-state index is 12.4. The van der Waals surface area contributed by atoms with Gasteiger partial charge in [-0.3, -0.25) is 24.0 Å². The van der Waals surface area contributed by atoms with Gasteiger partial charge >= 0.3 is 5.69 Å². The van der Waals surface area contributed by atoms with Crippen molar-refractivity contribution in [2.75, 3.05) is 0 Å². The molecule has 1 saturated heterocycles. The zero-order valence-corrected chi connectivity index (χ0v) is 12.3. The number of hydrogen-bond donors (Lipinski definition) is 1. The highest BCUT2D eigenvalue weighted by atomic mass is 79.9. The van der Waals surface area contributed by atoms with Crippen molar-refractivity contribution in [1.29, 1.82) is 0 Å². The number of piperidine rings is 1. The first kappa shape index (κ1) is 13.1. The zero-order valence-electron chi connectivity index (χ0n) is 10.7. The molecule has 1 N–H and O–H groups in total. The number of amides is 2. The van der Waals surface area contributed by atoms with E-state index in [1.807, 2.05) is 12.1 Å². The van der Waals surface area contributed by atoms with Crippen molar-refractivity contribution in [1.82, 2.24) is 14.5 Å². The van der Waals surface area contributed by atoms with Crippen molar-refractivity contribution in [2.45, 2.75) is 18.9 Å². The van der Waals surface area contributed by atoms with E-state index in [-0.39, 0.29) is 18.0 Å². The molecule has 1 aromatic carbocycles. The van der Waals surface area contributed by atoms with Crippen LogP contribution in [0.1, 0.15) is 18.9 Å². The summed E-state index contributed by atoms with van der Waals surface area (Å²) in [6.45, 7) is 0. The van der Waals surface area contributed by atoms with E-state index in [0.29, 0.717) is 11.9 Å².